The number of piperazine rings is 1. The van der Waals surface area contributed by atoms with Crippen LogP contribution in [0.1, 0.15) is 5.76 Å². The molecule has 1 aromatic rings. The summed E-state index contributed by atoms with van der Waals surface area (Å²) in [6, 6.07) is 4.33. The molecule has 19 heavy (non-hydrogen) atoms. The Morgan fingerprint density at radius 2 is 2.11 bits per heavy atom. The first-order chi connectivity index (χ1) is 9.33. The second-order valence-corrected chi connectivity index (χ2v) is 5.02. The van der Waals surface area contributed by atoms with Crippen molar-refractivity contribution in [3.05, 3.63) is 30.2 Å². The second kappa shape index (κ2) is 5.59. The first-order valence-electron chi connectivity index (χ1n) is 6.78. The quantitative estimate of drug-likeness (QED) is 0.801. The monoisotopic (exact) mass is 261 g/mol. The van der Waals surface area contributed by atoms with E-state index in [1.165, 1.54) is 0 Å². The molecule has 2 aliphatic heterocycles. The summed E-state index contributed by atoms with van der Waals surface area (Å²) >= 11 is 0. The maximum Gasteiger partial charge on any atom is 0.246 e. The third kappa shape index (κ3) is 2.88. The molecule has 0 spiro atoms. The summed E-state index contributed by atoms with van der Waals surface area (Å²) in [5.74, 6) is 0.787. The van der Waals surface area contributed by atoms with Crippen molar-refractivity contribution in [2.24, 2.45) is 0 Å². The fourth-order valence-corrected chi connectivity index (χ4v) is 2.48. The van der Waals surface area contributed by atoms with Gasteiger partial charge in [0.15, 0.2) is 0 Å². The fourth-order valence-electron chi connectivity index (χ4n) is 2.48. The SMILES string of the molecule is O=C(C=Cc1ccco1)N1CCN(C2CNC2)CC1. The Morgan fingerprint density at radius 3 is 2.68 bits per heavy atom. The highest BCUT2D eigenvalue weighted by Crippen LogP contribution is 2.10. The molecule has 1 N–H and O–H groups in total. The summed E-state index contributed by atoms with van der Waals surface area (Å²) in [5, 5.41) is 3.28. The Bertz CT molecular complexity index is 443. The smallest absolute Gasteiger partial charge is 0.246 e. The van der Waals surface area contributed by atoms with Crippen molar-refractivity contribution in [1.82, 2.24) is 15.1 Å². The van der Waals surface area contributed by atoms with Crippen molar-refractivity contribution in [1.29, 1.82) is 0 Å². The van der Waals surface area contributed by atoms with E-state index in [-0.39, 0.29) is 5.91 Å². The van der Waals surface area contributed by atoms with Crippen LogP contribution in [-0.2, 0) is 4.79 Å². The lowest BCUT2D eigenvalue weighted by Gasteiger charge is -2.43. The zero-order chi connectivity index (χ0) is 13.1. The van der Waals surface area contributed by atoms with E-state index < -0.39 is 0 Å². The van der Waals surface area contributed by atoms with Crippen LogP contribution in [0.25, 0.3) is 6.08 Å². The molecule has 3 heterocycles. The van der Waals surface area contributed by atoms with Gasteiger partial charge in [0.1, 0.15) is 5.76 Å². The van der Waals surface area contributed by atoms with E-state index >= 15 is 0 Å². The normalized spacial score (nSPS) is 21.8. The van der Waals surface area contributed by atoms with Gasteiger partial charge in [0.2, 0.25) is 5.91 Å². The molecule has 2 aliphatic rings. The summed E-state index contributed by atoms with van der Waals surface area (Å²) in [4.78, 5) is 16.4. The van der Waals surface area contributed by atoms with E-state index in [4.69, 9.17) is 4.42 Å². The van der Waals surface area contributed by atoms with Crippen LogP contribution in [0.15, 0.2) is 28.9 Å². The number of nitrogens with zero attached hydrogens (tertiary/aromatic N) is 2. The van der Waals surface area contributed by atoms with Crippen LogP contribution in [0.5, 0.6) is 0 Å². The molecular weight excluding hydrogens is 242 g/mol. The Labute approximate surface area is 112 Å². The Hall–Kier alpha value is -1.59. The predicted molar refractivity (Wildman–Crippen MR) is 72.6 cm³/mol. The predicted octanol–water partition coefficient (Wildman–Crippen LogP) is 0.409. The van der Waals surface area contributed by atoms with E-state index in [2.05, 4.69) is 10.2 Å². The third-order valence-corrected chi connectivity index (χ3v) is 3.84. The molecule has 5 nitrogen and oxygen atoms in total. The molecule has 0 bridgehead atoms. The largest absolute Gasteiger partial charge is 0.465 e. The number of amides is 1. The van der Waals surface area contributed by atoms with Gasteiger partial charge in [-0.15, -0.1) is 0 Å². The zero-order valence-electron chi connectivity index (χ0n) is 10.9. The first-order valence-corrected chi connectivity index (χ1v) is 6.78. The molecular formula is C14H19N3O2. The van der Waals surface area contributed by atoms with Crippen LogP contribution in [0.3, 0.4) is 0 Å². The Kier molecular flexibility index (Phi) is 3.66. The van der Waals surface area contributed by atoms with Gasteiger partial charge in [-0.25, -0.2) is 0 Å². The summed E-state index contributed by atoms with van der Waals surface area (Å²) in [6.07, 6.45) is 4.93. The topological polar surface area (TPSA) is 48.7 Å². The molecule has 3 rings (SSSR count). The molecule has 2 saturated heterocycles. The highest BCUT2D eigenvalue weighted by atomic mass is 16.3. The van der Waals surface area contributed by atoms with Crippen LogP contribution in [-0.4, -0.2) is 61.0 Å². The van der Waals surface area contributed by atoms with Gasteiger partial charge in [-0.3, -0.25) is 9.69 Å². The third-order valence-electron chi connectivity index (χ3n) is 3.84. The van der Waals surface area contributed by atoms with Gasteiger partial charge in [-0.1, -0.05) is 0 Å². The van der Waals surface area contributed by atoms with Gasteiger partial charge in [0, 0.05) is 51.4 Å². The van der Waals surface area contributed by atoms with Crippen LogP contribution >= 0.6 is 0 Å². The van der Waals surface area contributed by atoms with Gasteiger partial charge in [-0.2, -0.15) is 0 Å². The molecule has 5 heteroatoms. The van der Waals surface area contributed by atoms with E-state index in [1.54, 1.807) is 18.4 Å². The minimum Gasteiger partial charge on any atom is -0.465 e. The van der Waals surface area contributed by atoms with Gasteiger partial charge < -0.3 is 14.6 Å². The van der Waals surface area contributed by atoms with Crippen molar-refractivity contribution >= 4 is 12.0 Å². The van der Waals surface area contributed by atoms with Crippen molar-refractivity contribution in [2.75, 3.05) is 39.3 Å². The van der Waals surface area contributed by atoms with Crippen molar-refractivity contribution in [3.8, 4) is 0 Å². The molecule has 0 aromatic carbocycles. The number of hydrogen-bond acceptors (Lipinski definition) is 4. The van der Waals surface area contributed by atoms with Crippen molar-refractivity contribution in [2.45, 2.75) is 6.04 Å². The maximum atomic E-state index is 12.0. The van der Waals surface area contributed by atoms with E-state index in [0.29, 0.717) is 11.8 Å². The molecule has 1 amide bonds. The summed E-state index contributed by atoms with van der Waals surface area (Å²) in [6.45, 7) is 5.77. The van der Waals surface area contributed by atoms with Gasteiger partial charge in [0.25, 0.3) is 0 Å². The average Bonchev–Trinajstić information content (AvgIpc) is 2.88. The highest BCUT2D eigenvalue weighted by molar-refractivity contribution is 5.91. The molecule has 102 valence electrons. The maximum absolute atomic E-state index is 12.0. The molecule has 2 fully saturated rings. The van der Waals surface area contributed by atoms with E-state index in [0.717, 1.165) is 39.3 Å². The molecule has 0 aliphatic carbocycles. The molecule has 0 saturated carbocycles. The van der Waals surface area contributed by atoms with Gasteiger partial charge in [-0.05, 0) is 18.2 Å². The van der Waals surface area contributed by atoms with Gasteiger partial charge >= 0.3 is 0 Å². The summed E-state index contributed by atoms with van der Waals surface area (Å²) < 4.78 is 5.17. The molecule has 0 unspecified atom stereocenters. The van der Waals surface area contributed by atoms with E-state index in [1.807, 2.05) is 17.0 Å². The number of carbonyl (C=O) groups is 1. The zero-order valence-corrected chi connectivity index (χ0v) is 10.9. The molecule has 0 radical (unpaired) electrons. The van der Waals surface area contributed by atoms with Crippen molar-refractivity contribution in [3.63, 3.8) is 0 Å². The summed E-state index contributed by atoms with van der Waals surface area (Å²) in [5.41, 5.74) is 0. The molecule has 1 aromatic heterocycles. The minimum absolute atomic E-state index is 0.0720. The lowest BCUT2D eigenvalue weighted by Crippen LogP contribution is -2.61. The second-order valence-electron chi connectivity index (χ2n) is 5.02. The van der Waals surface area contributed by atoms with Crippen LogP contribution in [0.2, 0.25) is 0 Å². The van der Waals surface area contributed by atoms with Gasteiger partial charge in [0.05, 0.1) is 6.26 Å². The lowest BCUT2D eigenvalue weighted by atomic mass is 10.1. The Morgan fingerprint density at radius 1 is 1.32 bits per heavy atom. The van der Waals surface area contributed by atoms with Crippen LogP contribution < -0.4 is 5.32 Å². The lowest BCUT2D eigenvalue weighted by molar-refractivity contribution is -0.128. The van der Waals surface area contributed by atoms with Crippen molar-refractivity contribution < 1.29 is 9.21 Å². The Balaban J connectivity index is 1.49. The number of hydrogen-bond donors (Lipinski definition) is 1. The highest BCUT2D eigenvalue weighted by Gasteiger charge is 2.28. The number of carbonyl (C=O) groups excluding carboxylic acids is 1. The minimum atomic E-state index is 0.0720. The standard InChI is InChI=1S/C14H19N3O2/c18-14(4-3-13-2-1-9-19-13)17-7-5-16(6-8-17)12-10-15-11-12/h1-4,9,12,15H,5-8,10-11H2. The van der Waals surface area contributed by atoms with E-state index in [9.17, 15) is 4.79 Å². The summed E-state index contributed by atoms with van der Waals surface area (Å²) in [7, 11) is 0. The fraction of sp³-hybridized carbons (Fsp3) is 0.500. The van der Waals surface area contributed by atoms with Crippen LogP contribution in [0.4, 0.5) is 0 Å². The van der Waals surface area contributed by atoms with Crippen LogP contribution in [0, 0.1) is 0 Å². The average molecular weight is 261 g/mol. The number of rotatable bonds is 3. The molecule has 0 atom stereocenters. The number of nitrogens with one attached hydrogen (secondary N) is 1. The number of furan rings is 1. The first kappa shape index (κ1) is 12.4.